The zero-order chi connectivity index (χ0) is 15.6. The van der Waals surface area contributed by atoms with Crippen LogP contribution in [0.3, 0.4) is 0 Å². The summed E-state index contributed by atoms with van der Waals surface area (Å²) in [6.07, 6.45) is 0.0913. The van der Waals surface area contributed by atoms with Crippen LogP contribution in [0.5, 0.6) is 0 Å². The van der Waals surface area contributed by atoms with Gasteiger partial charge in [-0.25, -0.2) is 4.79 Å². The van der Waals surface area contributed by atoms with Crippen LogP contribution >= 0.6 is 0 Å². The van der Waals surface area contributed by atoms with Crippen molar-refractivity contribution in [2.45, 2.75) is 58.5 Å². The fraction of sp³-hybridized carbons (Fsp3) is 0.846. The van der Waals surface area contributed by atoms with E-state index in [2.05, 4.69) is 0 Å². The SMILES string of the molecule is CCCCCN(CCCCC)C(=O)NC(=O)C(F)(F)F. The summed E-state index contributed by atoms with van der Waals surface area (Å²) >= 11 is 0. The second kappa shape index (κ2) is 9.61. The van der Waals surface area contributed by atoms with E-state index in [0.717, 1.165) is 38.5 Å². The van der Waals surface area contributed by atoms with Crippen LogP contribution in [0, 0.1) is 0 Å². The molecule has 0 atom stereocenters. The maximum atomic E-state index is 12.1. The maximum Gasteiger partial charge on any atom is 0.471 e. The van der Waals surface area contributed by atoms with Crippen LogP contribution in [0.4, 0.5) is 18.0 Å². The first-order chi connectivity index (χ1) is 9.32. The van der Waals surface area contributed by atoms with Gasteiger partial charge in [-0.3, -0.25) is 10.1 Å². The second-order valence-corrected chi connectivity index (χ2v) is 4.66. The molecule has 0 aliphatic rings. The molecule has 20 heavy (non-hydrogen) atoms. The number of hydrogen-bond acceptors (Lipinski definition) is 2. The third-order valence-electron chi connectivity index (χ3n) is 2.83. The number of urea groups is 1. The summed E-state index contributed by atoms with van der Waals surface area (Å²) in [5.74, 6) is -2.21. The van der Waals surface area contributed by atoms with E-state index in [4.69, 9.17) is 0 Å². The topological polar surface area (TPSA) is 49.4 Å². The molecule has 0 rings (SSSR count). The fourth-order valence-corrected chi connectivity index (χ4v) is 1.67. The number of imide groups is 1. The molecule has 1 N–H and O–H groups in total. The van der Waals surface area contributed by atoms with E-state index in [9.17, 15) is 22.8 Å². The lowest BCUT2D eigenvalue weighted by Gasteiger charge is -2.22. The van der Waals surface area contributed by atoms with Crippen LogP contribution in [-0.4, -0.2) is 36.1 Å². The van der Waals surface area contributed by atoms with Crippen molar-refractivity contribution in [1.29, 1.82) is 0 Å². The van der Waals surface area contributed by atoms with E-state index in [1.54, 1.807) is 0 Å². The first kappa shape index (κ1) is 18.7. The van der Waals surface area contributed by atoms with Crippen molar-refractivity contribution in [3.05, 3.63) is 0 Å². The van der Waals surface area contributed by atoms with Crippen molar-refractivity contribution in [2.24, 2.45) is 0 Å². The van der Waals surface area contributed by atoms with Crippen LogP contribution in [0.25, 0.3) is 0 Å². The van der Waals surface area contributed by atoms with Crippen LogP contribution in [-0.2, 0) is 4.79 Å². The number of halogens is 3. The van der Waals surface area contributed by atoms with Gasteiger partial charge in [-0.05, 0) is 12.8 Å². The van der Waals surface area contributed by atoms with Crippen LogP contribution < -0.4 is 5.32 Å². The number of unbranched alkanes of at least 4 members (excludes halogenated alkanes) is 4. The molecule has 0 aromatic carbocycles. The zero-order valence-electron chi connectivity index (χ0n) is 12.1. The molecular weight excluding hydrogens is 273 g/mol. The average Bonchev–Trinajstić information content (AvgIpc) is 2.36. The van der Waals surface area contributed by atoms with Gasteiger partial charge < -0.3 is 4.90 Å². The van der Waals surface area contributed by atoms with Crippen LogP contribution in [0.2, 0.25) is 0 Å². The lowest BCUT2D eigenvalue weighted by atomic mass is 10.2. The van der Waals surface area contributed by atoms with Crippen molar-refractivity contribution in [3.63, 3.8) is 0 Å². The number of rotatable bonds is 8. The number of alkyl halides is 3. The van der Waals surface area contributed by atoms with E-state index in [-0.39, 0.29) is 0 Å². The summed E-state index contributed by atoms with van der Waals surface area (Å²) in [6.45, 7) is 4.73. The van der Waals surface area contributed by atoms with E-state index >= 15 is 0 Å². The lowest BCUT2D eigenvalue weighted by Crippen LogP contribution is -2.48. The smallest absolute Gasteiger partial charge is 0.324 e. The minimum absolute atomic E-state index is 0.370. The molecule has 0 aliphatic carbocycles. The van der Waals surface area contributed by atoms with Crippen LogP contribution in [0.15, 0.2) is 0 Å². The monoisotopic (exact) mass is 296 g/mol. The Hall–Kier alpha value is -1.27. The molecule has 0 unspecified atom stereocenters. The Bertz CT molecular complexity index is 296. The van der Waals surface area contributed by atoms with Crippen LogP contribution in [0.1, 0.15) is 52.4 Å². The molecule has 0 aromatic heterocycles. The van der Waals surface area contributed by atoms with Crippen molar-refractivity contribution in [1.82, 2.24) is 10.2 Å². The summed E-state index contributed by atoms with van der Waals surface area (Å²) in [4.78, 5) is 23.7. The summed E-state index contributed by atoms with van der Waals surface area (Å²) in [5, 5.41) is 1.40. The molecule has 0 bridgehead atoms. The lowest BCUT2D eigenvalue weighted by molar-refractivity contribution is -0.172. The van der Waals surface area contributed by atoms with Crippen molar-refractivity contribution < 1.29 is 22.8 Å². The van der Waals surface area contributed by atoms with Gasteiger partial charge in [-0.15, -0.1) is 0 Å². The Morgan fingerprint density at radius 1 is 0.950 bits per heavy atom. The highest BCUT2D eigenvalue weighted by molar-refractivity contribution is 5.97. The number of carbonyl (C=O) groups excluding carboxylic acids is 2. The predicted molar refractivity (Wildman–Crippen MR) is 70.2 cm³/mol. The number of hydrogen-bond donors (Lipinski definition) is 1. The Morgan fingerprint density at radius 3 is 1.75 bits per heavy atom. The Balaban J connectivity index is 4.41. The first-order valence-corrected chi connectivity index (χ1v) is 7.00. The van der Waals surface area contributed by atoms with E-state index < -0.39 is 18.1 Å². The van der Waals surface area contributed by atoms with Crippen molar-refractivity contribution in [3.8, 4) is 0 Å². The summed E-state index contributed by atoms with van der Waals surface area (Å²) in [5.41, 5.74) is 0. The number of carbonyl (C=O) groups is 2. The zero-order valence-corrected chi connectivity index (χ0v) is 12.1. The molecule has 0 saturated carbocycles. The Morgan fingerprint density at radius 2 is 1.40 bits per heavy atom. The normalized spacial score (nSPS) is 11.2. The van der Waals surface area contributed by atoms with Gasteiger partial charge in [-0.1, -0.05) is 39.5 Å². The van der Waals surface area contributed by atoms with Gasteiger partial charge in [0.25, 0.3) is 0 Å². The minimum Gasteiger partial charge on any atom is -0.324 e. The molecule has 7 heteroatoms. The first-order valence-electron chi connectivity index (χ1n) is 7.00. The van der Waals surface area contributed by atoms with Gasteiger partial charge in [0, 0.05) is 13.1 Å². The molecule has 0 aromatic rings. The molecule has 0 heterocycles. The van der Waals surface area contributed by atoms with E-state index in [0.29, 0.717) is 13.1 Å². The number of amides is 3. The number of nitrogens with zero attached hydrogens (tertiary/aromatic N) is 1. The highest BCUT2D eigenvalue weighted by Gasteiger charge is 2.40. The average molecular weight is 296 g/mol. The Labute approximate surface area is 117 Å². The van der Waals surface area contributed by atoms with Gasteiger partial charge in [0.05, 0.1) is 0 Å². The fourth-order valence-electron chi connectivity index (χ4n) is 1.67. The standard InChI is InChI=1S/C13H23F3N2O2/c1-3-5-7-9-18(10-8-6-4-2)12(20)17-11(19)13(14,15)16/h3-10H2,1-2H3,(H,17,19,20). The molecule has 0 spiro atoms. The molecule has 4 nitrogen and oxygen atoms in total. The predicted octanol–water partition coefficient (Wildman–Crippen LogP) is 3.47. The van der Waals surface area contributed by atoms with Gasteiger partial charge in [0.2, 0.25) is 0 Å². The largest absolute Gasteiger partial charge is 0.471 e. The van der Waals surface area contributed by atoms with Gasteiger partial charge >= 0.3 is 18.1 Å². The minimum atomic E-state index is -5.03. The molecule has 0 fully saturated rings. The second-order valence-electron chi connectivity index (χ2n) is 4.66. The molecule has 0 saturated heterocycles. The highest BCUT2D eigenvalue weighted by atomic mass is 19.4. The molecular formula is C13H23F3N2O2. The van der Waals surface area contributed by atoms with E-state index in [1.165, 1.54) is 10.2 Å². The van der Waals surface area contributed by atoms with Gasteiger partial charge in [0.15, 0.2) is 0 Å². The van der Waals surface area contributed by atoms with E-state index in [1.807, 2.05) is 13.8 Å². The molecule has 118 valence electrons. The molecule has 3 amide bonds. The van der Waals surface area contributed by atoms with Crippen molar-refractivity contribution in [2.75, 3.05) is 13.1 Å². The van der Waals surface area contributed by atoms with Gasteiger partial charge in [-0.2, -0.15) is 13.2 Å². The van der Waals surface area contributed by atoms with Gasteiger partial charge in [0.1, 0.15) is 0 Å². The summed E-state index contributed by atoms with van der Waals surface area (Å²) < 4.78 is 36.3. The summed E-state index contributed by atoms with van der Waals surface area (Å²) in [7, 11) is 0. The third-order valence-corrected chi connectivity index (χ3v) is 2.83. The maximum absolute atomic E-state index is 12.1. The third kappa shape index (κ3) is 8.01. The number of nitrogens with one attached hydrogen (secondary N) is 1. The molecule has 0 radical (unpaired) electrons. The summed E-state index contributed by atoms with van der Waals surface area (Å²) in [6, 6.07) is -0.959. The molecule has 0 aliphatic heterocycles. The Kier molecular flexibility index (Phi) is 9.00. The van der Waals surface area contributed by atoms with Crippen molar-refractivity contribution >= 4 is 11.9 Å². The highest BCUT2D eigenvalue weighted by Crippen LogP contribution is 2.14. The quantitative estimate of drug-likeness (QED) is 0.697.